The molecule has 3 aromatic rings. The average molecular weight is 443 g/mol. The highest BCUT2D eigenvalue weighted by Crippen LogP contribution is 2.32. The number of nitrogens with zero attached hydrogens (tertiary/aromatic N) is 3. The van der Waals surface area contributed by atoms with Gasteiger partial charge in [-0.15, -0.1) is 0 Å². The zero-order chi connectivity index (χ0) is 22.9. The molecule has 0 aromatic heterocycles. The number of amides is 2. The molecule has 2 heterocycles. The number of piperazine rings is 1. The summed E-state index contributed by atoms with van der Waals surface area (Å²) in [4.78, 5) is 32.4. The first-order valence-corrected chi connectivity index (χ1v) is 11.6. The maximum absolute atomic E-state index is 13.1. The van der Waals surface area contributed by atoms with Crippen molar-refractivity contribution >= 4 is 39.6 Å². The molecule has 0 radical (unpaired) electrons. The highest BCUT2D eigenvalue weighted by atomic mass is 16.2. The minimum atomic E-state index is -0.367. The smallest absolute Gasteiger partial charge is 0.229 e. The van der Waals surface area contributed by atoms with Crippen LogP contribution in [0.1, 0.15) is 12.0 Å². The van der Waals surface area contributed by atoms with Crippen LogP contribution in [-0.4, -0.2) is 56.5 Å². The van der Waals surface area contributed by atoms with E-state index in [-0.39, 0.29) is 24.2 Å². The van der Waals surface area contributed by atoms with Gasteiger partial charge >= 0.3 is 0 Å². The topological polar surface area (TPSA) is 55.9 Å². The standard InChI is InChI=1S/C27H30N4O2/c1-19-16-22(30-14-12-29(2)13-15-30)10-11-24(19)28-27(33)21-17-26(32)31(18-21)25-9-5-7-20-6-3-4-8-23(20)25/h3-11,16,21H,12-15,17-18H2,1-2H3,(H,28,33). The van der Waals surface area contributed by atoms with Gasteiger partial charge in [0.25, 0.3) is 0 Å². The summed E-state index contributed by atoms with van der Waals surface area (Å²) in [6.07, 6.45) is 0.230. The molecule has 2 aliphatic rings. The molecule has 6 nitrogen and oxygen atoms in total. The first-order valence-electron chi connectivity index (χ1n) is 11.6. The van der Waals surface area contributed by atoms with Gasteiger partial charge in [0.15, 0.2) is 0 Å². The number of nitrogens with one attached hydrogen (secondary N) is 1. The van der Waals surface area contributed by atoms with Gasteiger partial charge in [0.2, 0.25) is 11.8 Å². The first-order chi connectivity index (χ1) is 16.0. The highest BCUT2D eigenvalue weighted by Gasteiger charge is 2.35. The van der Waals surface area contributed by atoms with E-state index in [2.05, 4.69) is 34.3 Å². The number of hydrogen-bond donors (Lipinski definition) is 1. The molecule has 1 unspecified atom stereocenters. The van der Waals surface area contributed by atoms with Gasteiger partial charge in [-0.05, 0) is 49.2 Å². The number of rotatable bonds is 4. The molecule has 170 valence electrons. The molecule has 5 rings (SSSR count). The fourth-order valence-electron chi connectivity index (χ4n) is 4.84. The van der Waals surface area contributed by atoms with Crippen LogP contribution in [0.4, 0.5) is 17.1 Å². The quantitative estimate of drug-likeness (QED) is 0.666. The summed E-state index contributed by atoms with van der Waals surface area (Å²) in [5.74, 6) is -0.469. The molecular weight excluding hydrogens is 412 g/mol. The third kappa shape index (κ3) is 4.31. The van der Waals surface area contributed by atoms with Crippen LogP contribution < -0.4 is 15.1 Å². The van der Waals surface area contributed by atoms with Crippen molar-refractivity contribution in [3.05, 3.63) is 66.2 Å². The molecule has 1 N–H and O–H groups in total. The van der Waals surface area contributed by atoms with Crippen molar-refractivity contribution in [1.82, 2.24) is 4.90 Å². The van der Waals surface area contributed by atoms with E-state index in [9.17, 15) is 9.59 Å². The lowest BCUT2D eigenvalue weighted by Crippen LogP contribution is -2.44. The Bertz CT molecular complexity index is 1190. The maximum Gasteiger partial charge on any atom is 0.229 e. The van der Waals surface area contributed by atoms with Gasteiger partial charge in [0.1, 0.15) is 0 Å². The zero-order valence-electron chi connectivity index (χ0n) is 19.3. The molecule has 2 saturated heterocycles. The minimum Gasteiger partial charge on any atom is -0.369 e. The molecule has 2 fully saturated rings. The molecule has 1 atom stereocenters. The molecule has 3 aromatic carbocycles. The largest absolute Gasteiger partial charge is 0.369 e. The summed E-state index contributed by atoms with van der Waals surface area (Å²) in [5.41, 5.74) is 3.92. The van der Waals surface area contributed by atoms with Crippen molar-refractivity contribution in [1.29, 1.82) is 0 Å². The van der Waals surface area contributed by atoms with E-state index in [0.29, 0.717) is 6.54 Å². The van der Waals surface area contributed by atoms with E-state index in [4.69, 9.17) is 0 Å². The maximum atomic E-state index is 13.1. The number of likely N-dealkylation sites (N-methyl/N-ethyl adjacent to an activating group) is 1. The lowest BCUT2D eigenvalue weighted by Gasteiger charge is -2.34. The Hall–Kier alpha value is -3.38. The Morgan fingerprint density at radius 3 is 2.52 bits per heavy atom. The average Bonchev–Trinajstić information content (AvgIpc) is 3.22. The molecule has 2 aliphatic heterocycles. The predicted octanol–water partition coefficient (Wildman–Crippen LogP) is 3.89. The summed E-state index contributed by atoms with van der Waals surface area (Å²) in [5, 5.41) is 5.20. The Balaban J connectivity index is 1.28. The van der Waals surface area contributed by atoms with Crippen molar-refractivity contribution in [3.63, 3.8) is 0 Å². The number of aryl methyl sites for hydroxylation is 1. The van der Waals surface area contributed by atoms with Gasteiger partial charge in [-0.25, -0.2) is 0 Å². The Labute approximate surface area is 194 Å². The zero-order valence-corrected chi connectivity index (χ0v) is 19.3. The highest BCUT2D eigenvalue weighted by molar-refractivity contribution is 6.08. The van der Waals surface area contributed by atoms with Crippen LogP contribution in [0.3, 0.4) is 0 Å². The third-order valence-corrected chi connectivity index (χ3v) is 6.89. The van der Waals surface area contributed by atoms with E-state index in [0.717, 1.165) is 53.9 Å². The van der Waals surface area contributed by atoms with Crippen LogP contribution in [0, 0.1) is 12.8 Å². The van der Waals surface area contributed by atoms with Crippen LogP contribution in [-0.2, 0) is 9.59 Å². The predicted molar refractivity (Wildman–Crippen MR) is 134 cm³/mol. The van der Waals surface area contributed by atoms with Gasteiger partial charge in [-0.2, -0.15) is 0 Å². The van der Waals surface area contributed by atoms with Gasteiger partial charge in [-0.3, -0.25) is 9.59 Å². The molecule has 6 heteroatoms. The van der Waals surface area contributed by atoms with Crippen molar-refractivity contribution in [2.45, 2.75) is 13.3 Å². The molecule has 0 bridgehead atoms. The fourth-order valence-corrected chi connectivity index (χ4v) is 4.84. The lowest BCUT2D eigenvalue weighted by atomic mass is 10.1. The van der Waals surface area contributed by atoms with Crippen molar-refractivity contribution in [2.24, 2.45) is 5.92 Å². The Kier molecular flexibility index (Phi) is 5.77. The SMILES string of the molecule is Cc1cc(N2CCN(C)CC2)ccc1NC(=O)C1CC(=O)N(c2cccc3ccccc23)C1. The van der Waals surface area contributed by atoms with Crippen molar-refractivity contribution < 1.29 is 9.59 Å². The molecular formula is C27H30N4O2. The number of carbonyl (C=O) groups excluding carboxylic acids is 2. The van der Waals surface area contributed by atoms with Crippen molar-refractivity contribution in [2.75, 3.05) is 54.9 Å². The number of benzene rings is 3. The van der Waals surface area contributed by atoms with E-state index in [1.165, 1.54) is 5.69 Å². The van der Waals surface area contributed by atoms with E-state index >= 15 is 0 Å². The summed E-state index contributed by atoms with van der Waals surface area (Å²) in [7, 11) is 2.15. The molecule has 2 amide bonds. The number of anilines is 3. The summed E-state index contributed by atoms with van der Waals surface area (Å²) in [6.45, 7) is 6.56. The second-order valence-corrected chi connectivity index (χ2v) is 9.18. The Morgan fingerprint density at radius 2 is 1.73 bits per heavy atom. The fraction of sp³-hybridized carbons (Fsp3) is 0.333. The second-order valence-electron chi connectivity index (χ2n) is 9.18. The molecule has 0 aliphatic carbocycles. The summed E-state index contributed by atoms with van der Waals surface area (Å²) >= 11 is 0. The van der Waals surface area contributed by atoms with Crippen molar-refractivity contribution in [3.8, 4) is 0 Å². The van der Waals surface area contributed by atoms with Gasteiger partial charge < -0.3 is 20.0 Å². The molecule has 33 heavy (non-hydrogen) atoms. The van der Waals surface area contributed by atoms with Crippen LogP contribution >= 0.6 is 0 Å². The third-order valence-electron chi connectivity index (χ3n) is 6.89. The first kappa shape index (κ1) is 21.5. The van der Waals surface area contributed by atoms with E-state index in [1.54, 1.807) is 4.90 Å². The lowest BCUT2D eigenvalue weighted by molar-refractivity contribution is -0.122. The summed E-state index contributed by atoms with van der Waals surface area (Å²) < 4.78 is 0. The molecule has 0 saturated carbocycles. The van der Waals surface area contributed by atoms with Crippen LogP contribution in [0.15, 0.2) is 60.7 Å². The molecule has 0 spiro atoms. The van der Waals surface area contributed by atoms with Crippen LogP contribution in [0.2, 0.25) is 0 Å². The number of fused-ring (bicyclic) bond motifs is 1. The number of carbonyl (C=O) groups is 2. The monoisotopic (exact) mass is 442 g/mol. The van der Waals surface area contributed by atoms with E-state index < -0.39 is 0 Å². The van der Waals surface area contributed by atoms with Gasteiger partial charge in [-0.1, -0.05) is 36.4 Å². The van der Waals surface area contributed by atoms with Crippen LogP contribution in [0.5, 0.6) is 0 Å². The minimum absolute atomic E-state index is 0.00589. The van der Waals surface area contributed by atoms with Gasteiger partial charge in [0.05, 0.1) is 11.6 Å². The van der Waals surface area contributed by atoms with Gasteiger partial charge in [0, 0.05) is 55.9 Å². The number of hydrogen-bond acceptors (Lipinski definition) is 4. The second kappa shape index (κ2) is 8.87. The van der Waals surface area contributed by atoms with E-state index in [1.807, 2.05) is 55.5 Å². The normalized spacial score (nSPS) is 19.3. The van der Waals surface area contributed by atoms with Crippen LogP contribution in [0.25, 0.3) is 10.8 Å². The summed E-state index contributed by atoms with van der Waals surface area (Å²) in [6, 6.07) is 20.2. The Morgan fingerprint density at radius 1 is 0.970 bits per heavy atom.